The predicted molar refractivity (Wildman–Crippen MR) is 63.4 cm³/mol. The molecular weight excluding hydrogens is 264 g/mol. The molecule has 0 fully saturated rings. The minimum absolute atomic E-state index is 0.0169. The monoisotopic (exact) mass is 272 g/mol. The van der Waals surface area contributed by atoms with Crippen molar-refractivity contribution in [3.8, 4) is 0 Å². The summed E-state index contributed by atoms with van der Waals surface area (Å²) in [4.78, 5) is 10.3. The largest absolute Gasteiger partial charge is 0.332 e. The molecule has 0 saturated carbocycles. The van der Waals surface area contributed by atoms with Crippen molar-refractivity contribution in [2.75, 3.05) is 4.72 Å². The molecule has 2 aromatic rings. The number of hydrogen-bond donors (Lipinski definition) is 2. The zero-order valence-corrected chi connectivity index (χ0v) is 10.4. The Balaban J connectivity index is 2.29. The quantitative estimate of drug-likeness (QED) is 0.830. The van der Waals surface area contributed by atoms with Crippen molar-refractivity contribution in [3.63, 3.8) is 0 Å². The zero-order chi connectivity index (χ0) is 12.5. The fraction of sp³-hybridized carbons (Fsp3) is 0.111. The first kappa shape index (κ1) is 11.9. The summed E-state index contributed by atoms with van der Waals surface area (Å²) >= 11 is 5.66. The first-order valence-corrected chi connectivity index (χ1v) is 6.50. The van der Waals surface area contributed by atoms with E-state index in [1.54, 1.807) is 19.1 Å². The molecule has 17 heavy (non-hydrogen) atoms. The van der Waals surface area contributed by atoms with Gasteiger partial charge in [-0.3, -0.25) is 4.72 Å². The van der Waals surface area contributed by atoms with E-state index in [1.165, 1.54) is 12.3 Å². The van der Waals surface area contributed by atoms with E-state index in [1.807, 2.05) is 0 Å². The highest BCUT2D eigenvalue weighted by Gasteiger charge is 2.17. The molecule has 6 nitrogen and oxygen atoms in total. The summed E-state index contributed by atoms with van der Waals surface area (Å²) in [5.74, 6) is 0.675. The molecule has 0 aliphatic carbocycles. The highest BCUT2D eigenvalue weighted by Crippen LogP contribution is 2.14. The molecule has 0 amide bonds. The Morgan fingerprint density at radius 3 is 2.76 bits per heavy atom. The number of aromatic amines is 1. The van der Waals surface area contributed by atoms with Crippen molar-refractivity contribution in [3.05, 3.63) is 35.4 Å². The molecule has 2 aromatic heterocycles. The Hall–Kier alpha value is -1.60. The first-order valence-electron chi connectivity index (χ1n) is 4.64. The molecule has 8 heteroatoms. The molecule has 2 heterocycles. The highest BCUT2D eigenvalue weighted by atomic mass is 35.5. The minimum atomic E-state index is -3.70. The van der Waals surface area contributed by atoms with Gasteiger partial charge in [0.1, 0.15) is 16.8 Å². The second-order valence-electron chi connectivity index (χ2n) is 3.28. The van der Waals surface area contributed by atoms with E-state index in [-0.39, 0.29) is 16.0 Å². The van der Waals surface area contributed by atoms with E-state index in [0.717, 1.165) is 0 Å². The molecule has 0 saturated heterocycles. The number of sulfonamides is 1. The zero-order valence-electron chi connectivity index (χ0n) is 8.81. The summed E-state index contributed by atoms with van der Waals surface area (Å²) in [6.45, 7) is 1.66. The van der Waals surface area contributed by atoms with Crippen LogP contribution in [0, 0.1) is 6.92 Å². The van der Waals surface area contributed by atoms with Crippen molar-refractivity contribution in [2.45, 2.75) is 11.9 Å². The van der Waals surface area contributed by atoms with Crippen molar-refractivity contribution in [1.29, 1.82) is 0 Å². The van der Waals surface area contributed by atoms with Gasteiger partial charge in [-0.2, -0.15) is 8.42 Å². The maximum Gasteiger partial charge on any atom is 0.280 e. The van der Waals surface area contributed by atoms with E-state index in [0.29, 0.717) is 5.82 Å². The van der Waals surface area contributed by atoms with Gasteiger partial charge in [-0.05, 0) is 19.1 Å². The van der Waals surface area contributed by atoms with Crippen LogP contribution in [0.2, 0.25) is 5.15 Å². The maximum atomic E-state index is 11.9. The van der Waals surface area contributed by atoms with Gasteiger partial charge in [-0.1, -0.05) is 17.7 Å². The number of imidazole rings is 1. The highest BCUT2D eigenvalue weighted by molar-refractivity contribution is 7.92. The summed E-state index contributed by atoms with van der Waals surface area (Å²) in [6, 6.07) is 4.66. The Bertz CT molecular complexity index is 638. The standard InChI is InChI=1S/C9H9ClN4O2S/c1-6-11-5-9(12-6)17(15,16)14-8-4-2-3-7(10)13-8/h2-5H,1H3,(H,11,12)(H,13,14). The third-order valence-electron chi connectivity index (χ3n) is 1.92. The lowest BCUT2D eigenvalue weighted by Crippen LogP contribution is -2.14. The Morgan fingerprint density at radius 1 is 1.41 bits per heavy atom. The van der Waals surface area contributed by atoms with Crippen molar-refractivity contribution in [2.24, 2.45) is 0 Å². The summed E-state index contributed by atoms with van der Waals surface area (Å²) in [6.07, 6.45) is 1.24. The molecule has 0 bridgehead atoms. The normalized spacial score (nSPS) is 11.4. The van der Waals surface area contributed by atoms with Crippen LogP contribution in [0.5, 0.6) is 0 Å². The Morgan fingerprint density at radius 2 is 2.18 bits per heavy atom. The van der Waals surface area contributed by atoms with E-state index in [4.69, 9.17) is 11.6 Å². The Labute approximate surface area is 103 Å². The van der Waals surface area contributed by atoms with Crippen LogP contribution in [0.15, 0.2) is 29.4 Å². The molecule has 0 spiro atoms. The minimum Gasteiger partial charge on any atom is -0.332 e. The summed E-state index contributed by atoms with van der Waals surface area (Å²) in [7, 11) is -3.70. The van der Waals surface area contributed by atoms with Crippen molar-refractivity contribution in [1.82, 2.24) is 15.0 Å². The second-order valence-corrected chi connectivity index (χ2v) is 5.32. The van der Waals surface area contributed by atoms with Crippen molar-refractivity contribution >= 4 is 27.4 Å². The van der Waals surface area contributed by atoms with Gasteiger partial charge < -0.3 is 4.98 Å². The van der Waals surface area contributed by atoms with Crippen LogP contribution in [-0.4, -0.2) is 23.4 Å². The third kappa shape index (κ3) is 2.75. The van der Waals surface area contributed by atoms with Crippen LogP contribution in [-0.2, 0) is 10.0 Å². The molecular formula is C9H9ClN4O2S. The van der Waals surface area contributed by atoms with Crippen LogP contribution >= 0.6 is 11.6 Å². The summed E-state index contributed by atoms with van der Waals surface area (Å²) in [5.41, 5.74) is 0. The van der Waals surface area contributed by atoms with E-state index >= 15 is 0 Å². The van der Waals surface area contributed by atoms with Crippen LogP contribution in [0.25, 0.3) is 0 Å². The summed E-state index contributed by atoms with van der Waals surface area (Å²) < 4.78 is 26.0. The molecule has 0 aliphatic heterocycles. The average molecular weight is 273 g/mol. The van der Waals surface area contributed by atoms with Crippen LogP contribution < -0.4 is 4.72 Å². The SMILES string of the molecule is Cc1ncc(S(=O)(=O)Nc2cccc(Cl)n2)[nH]1. The summed E-state index contributed by atoms with van der Waals surface area (Å²) in [5, 5.41) is 0.197. The number of hydrogen-bond acceptors (Lipinski definition) is 4. The lowest BCUT2D eigenvalue weighted by Gasteiger charge is -2.04. The molecule has 0 unspecified atom stereocenters. The molecule has 0 atom stereocenters. The van der Waals surface area contributed by atoms with Gasteiger partial charge in [0.25, 0.3) is 10.0 Å². The van der Waals surface area contributed by atoms with Gasteiger partial charge in [-0.15, -0.1) is 0 Å². The van der Waals surface area contributed by atoms with Gasteiger partial charge in [0.15, 0.2) is 5.03 Å². The second kappa shape index (κ2) is 4.34. The molecule has 90 valence electrons. The number of nitrogens with zero attached hydrogens (tertiary/aromatic N) is 2. The van der Waals surface area contributed by atoms with Gasteiger partial charge >= 0.3 is 0 Å². The molecule has 0 radical (unpaired) electrons. The number of halogens is 1. The van der Waals surface area contributed by atoms with Crippen LogP contribution in [0.4, 0.5) is 5.82 Å². The number of aromatic nitrogens is 3. The molecule has 0 aliphatic rings. The van der Waals surface area contributed by atoms with Gasteiger partial charge in [0.2, 0.25) is 0 Å². The fourth-order valence-electron chi connectivity index (χ4n) is 1.19. The van der Waals surface area contributed by atoms with Gasteiger partial charge in [0.05, 0.1) is 6.20 Å². The fourth-order valence-corrected chi connectivity index (χ4v) is 2.33. The van der Waals surface area contributed by atoms with Gasteiger partial charge in [-0.25, -0.2) is 9.97 Å². The molecule has 0 aromatic carbocycles. The number of H-pyrrole nitrogens is 1. The Kier molecular flexibility index (Phi) is 3.03. The number of pyridine rings is 1. The molecule has 2 rings (SSSR count). The number of aryl methyl sites for hydroxylation is 1. The van der Waals surface area contributed by atoms with E-state index in [9.17, 15) is 8.42 Å². The number of nitrogens with one attached hydrogen (secondary N) is 2. The van der Waals surface area contributed by atoms with E-state index in [2.05, 4.69) is 19.7 Å². The van der Waals surface area contributed by atoms with Crippen LogP contribution in [0.3, 0.4) is 0 Å². The number of anilines is 1. The first-order chi connectivity index (χ1) is 7.97. The topological polar surface area (TPSA) is 87.7 Å². The molecule has 2 N–H and O–H groups in total. The van der Waals surface area contributed by atoms with Gasteiger partial charge in [0, 0.05) is 0 Å². The predicted octanol–water partition coefficient (Wildman–Crippen LogP) is 1.57. The number of rotatable bonds is 3. The van der Waals surface area contributed by atoms with Crippen molar-refractivity contribution < 1.29 is 8.42 Å². The maximum absolute atomic E-state index is 11.9. The third-order valence-corrected chi connectivity index (χ3v) is 3.40. The lowest BCUT2D eigenvalue weighted by molar-refractivity contribution is 0.598. The average Bonchev–Trinajstić information content (AvgIpc) is 2.65. The van der Waals surface area contributed by atoms with E-state index < -0.39 is 10.0 Å². The van der Waals surface area contributed by atoms with Crippen LogP contribution in [0.1, 0.15) is 5.82 Å². The lowest BCUT2D eigenvalue weighted by atomic mass is 10.5. The smallest absolute Gasteiger partial charge is 0.280 e.